The summed E-state index contributed by atoms with van der Waals surface area (Å²) >= 11 is 0. The Morgan fingerprint density at radius 1 is 0.656 bits per heavy atom. The summed E-state index contributed by atoms with van der Waals surface area (Å²) in [7, 11) is 0. The predicted molar refractivity (Wildman–Crippen MR) is 140 cm³/mol. The van der Waals surface area contributed by atoms with Crippen molar-refractivity contribution in [2.24, 2.45) is 5.92 Å². The third-order valence-corrected chi connectivity index (χ3v) is 6.55. The average Bonchev–Trinajstić information content (AvgIpc) is 3.13. The lowest BCUT2D eigenvalue weighted by Gasteiger charge is -2.19. The molecule has 0 saturated heterocycles. The van der Waals surface area contributed by atoms with Gasteiger partial charge in [0.15, 0.2) is 0 Å². The van der Waals surface area contributed by atoms with Gasteiger partial charge < -0.3 is 14.6 Å². The Hall–Kier alpha value is -1.78. The average molecular weight is 436 g/mol. The fourth-order valence-corrected chi connectivity index (χ4v) is 4.86. The number of unbranched alkanes of at least 4 members (excludes halogenated alkanes) is 8. The number of nitrogens with zero attached hydrogens (tertiary/aromatic N) is 1. The Labute approximate surface area is 196 Å². The monoisotopic (exact) mass is 436 g/mol. The van der Waals surface area contributed by atoms with Gasteiger partial charge in [-0.2, -0.15) is 0 Å². The second-order valence-electron chi connectivity index (χ2n) is 9.03. The normalized spacial score (nSPS) is 12.0. The number of hydrogen-bond donors (Lipinski definition) is 2. The molecular formula is C28H43BNO2. The molecule has 32 heavy (non-hydrogen) atoms. The molecule has 3 rings (SSSR count). The molecule has 2 N–H and O–H groups in total. The molecule has 3 nitrogen and oxygen atoms in total. The smallest absolute Gasteiger partial charge is 0.429 e. The van der Waals surface area contributed by atoms with E-state index in [2.05, 4.69) is 66.9 Å². The van der Waals surface area contributed by atoms with E-state index < -0.39 is 0 Å². The second-order valence-corrected chi connectivity index (χ2v) is 9.03. The molecule has 0 aliphatic rings. The van der Waals surface area contributed by atoms with Crippen LogP contribution in [-0.4, -0.2) is 22.3 Å². The summed E-state index contributed by atoms with van der Waals surface area (Å²) in [6.07, 6.45) is 16.7. The molecule has 0 aliphatic carbocycles. The zero-order chi connectivity index (χ0) is 23.0. The lowest BCUT2D eigenvalue weighted by atomic mass is 9.94. The maximum absolute atomic E-state index is 7.00. The molecular weight excluding hydrogens is 393 g/mol. The number of rotatable bonds is 14. The maximum atomic E-state index is 7.00. The van der Waals surface area contributed by atoms with Crippen molar-refractivity contribution in [1.29, 1.82) is 0 Å². The van der Waals surface area contributed by atoms with Crippen LogP contribution in [0.25, 0.3) is 21.8 Å². The summed E-state index contributed by atoms with van der Waals surface area (Å²) < 4.78 is 2.62. The van der Waals surface area contributed by atoms with Crippen LogP contribution < -0.4 is 0 Å². The number of para-hydroxylation sites is 2. The van der Waals surface area contributed by atoms with E-state index in [1.54, 1.807) is 0 Å². The highest BCUT2D eigenvalue weighted by molar-refractivity contribution is 6.13. The van der Waals surface area contributed by atoms with Gasteiger partial charge in [-0.3, -0.25) is 0 Å². The number of aromatic nitrogens is 1. The molecule has 1 heterocycles. The summed E-state index contributed by atoms with van der Waals surface area (Å²) in [6.45, 7) is 5.79. The molecule has 0 aliphatic heterocycles. The van der Waals surface area contributed by atoms with Crippen molar-refractivity contribution in [3.8, 4) is 0 Å². The third kappa shape index (κ3) is 8.29. The zero-order valence-electron chi connectivity index (χ0n) is 20.3. The van der Waals surface area contributed by atoms with Crippen LogP contribution in [0.4, 0.5) is 0 Å². The molecule has 1 aromatic heterocycles. The quantitative estimate of drug-likeness (QED) is 0.201. The lowest BCUT2D eigenvalue weighted by Crippen LogP contribution is -2.11. The Kier molecular flexibility index (Phi) is 13.2. The van der Waals surface area contributed by atoms with Crippen LogP contribution in [0.1, 0.15) is 90.9 Å². The van der Waals surface area contributed by atoms with Gasteiger partial charge in [-0.15, -0.1) is 0 Å². The van der Waals surface area contributed by atoms with Gasteiger partial charge in [-0.1, -0.05) is 114 Å². The minimum Gasteiger partial charge on any atom is -0.429 e. The van der Waals surface area contributed by atoms with E-state index in [4.69, 9.17) is 10.0 Å². The van der Waals surface area contributed by atoms with Crippen LogP contribution in [0.5, 0.6) is 0 Å². The van der Waals surface area contributed by atoms with Crippen molar-refractivity contribution < 1.29 is 10.0 Å². The highest BCUT2D eigenvalue weighted by Gasteiger charge is 2.15. The third-order valence-electron chi connectivity index (χ3n) is 6.55. The lowest BCUT2D eigenvalue weighted by molar-refractivity contribution is 0.365. The molecule has 1 radical (unpaired) electrons. The van der Waals surface area contributed by atoms with E-state index in [0.717, 1.165) is 5.92 Å². The standard InChI is InChI=1S/C28H41N.BH2O2/c1-3-5-7-9-10-12-18-24(17-11-8-6-4-2)23-29-27-21-15-13-19-25(27)26-20-14-16-22-28(26)29;2-1-3/h13-16,19-22,24H,3-12,17-18,23H2,1-2H3;2-3H. The first kappa shape index (κ1) is 26.5. The van der Waals surface area contributed by atoms with Crippen molar-refractivity contribution in [1.82, 2.24) is 4.57 Å². The van der Waals surface area contributed by atoms with Gasteiger partial charge in [0.25, 0.3) is 0 Å². The summed E-state index contributed by atoms with van der Waals surface area (Å²) in [4.78, 5) is 0. The number of benzene rings is 2. The summed E-state index contributed by atoms with van der Waals surface area (Å²) in [5.74, 6) is 0.803. The van der Waals surface area contributed by atoms with Crippen LogP contribution >= 0.6 is 0 Å². The SMILES string of the molecule is CCCCCCCCC(CCCCCC)Cn1c2ccccc2c2ccccc21.O[B]O. The molecule has 3 aromatic rings. The Bertz CT molecular complexity index is 823. The molecule has 1 unspecified atom stereocenters. The first-order chi connectivity index (χ1) is 15.8. The van der Waals surface area contributed by atoms with Gasteiger partial charge in [-0.25, -0.2) is 0 Å². The van der Waals surface area contributed by atoms with Crippen molar-refractivity contribution in [3.63, 3.8) is 0 Å². The van der Waals surface area contributed by atoms with Gasteiger partial charge in [0, 0.05) is 28.4 Å². The molecule has 0 bridgehead atoms. The molecule has 0 amide bonds. The number of fused-ring (bicyclic) bond motifs is 3. The van der Waals surface area contributed by atoms with E-state index in [9.17, 15) is 0 Å². The van der Waals surface area contributed by atoms with Crippen molar-refractivity contribution >= 4 is 29.5 Å². The van der Waals surface area contributed by atoms with Crippen LogP contribution in [0.15, 0.2) is 48.5 Å². The summed E-state index contributed by atoms with van der Waals surface area (Å²) in [5.41, 5.74) is 2.82. The highest BCUT2D eigenvalue weighted by Crippen LogP contribution is 2.31. The van der Waals surface area contributed by atoms with Crippen LogP contribution in [-0.2, 0) is 6.54 Å². The molecule has 4 heteroatoms. The largest absolute Gasteiger partial charge is 0.482 e. The zero-order valence-corrected chi connectivity index (χ0v) is 20.3. The van der Waals surface area contributed by atoms with Gasteiger partial charge in [0.1, 0.15) is 0 Å². The van der Waals surface area contributed by atoms with Gasteiger partial charge in [-0.05, 0) is 30.9 Å². The van der Waals surface area contributed by atoms with Crippen molar-refractivity contribution in [3.05, 3.63) is 48.5 Å². The molecule has 2 aromatic carbocycles. The Morgan fingerprint density at radius 2 is 1.06 bits per heavy atom. The first-order valence-electron chi connectivity index (χ1n) is 12.8. The van der Waals surface area contributed by atoms with E-state index in [-0.39, 0.29) is 7.69 Å². The predicted octanol–water partition coefficient (Wildman–Crippen LogP) is 7.64. The van der Waals surface area contributed by atoms with Crippen LogP contribution in [0, 0.1) is 5.92 Å². The van der Waals surface area contributed by atoms with Gasteiger partial charge in [0.2, 0.25) is 0 Å². The van der Waals surface area contributed by atoms with E-state index >= 15 is 0 Å². The minimum atomic E-state index is 0. The van der Waals surface area contributed by atoms with Gasteiger partial charge >= 0.3 is 7.69 Å². The fourth-order valence-electron chi connectivity index (χ4n) is 4.86. The minimum absolute atomic E-state index is 0. The van der Waals surface area contributed by atoms with Crippen molar-refractivity contribution in [2.75, 3.05) is 0 Å². The Balaban J connectivity index is 0.00000114. The second kappa shape index (κ2) is 15.9. The molecule has 0 fully saturated rings. The van der Waals surface area contributed by atoms with Gasteiger partial charge in [0.05, 0.1) is 0 Å². The van der Waals surface area contributed by atoms with Crippen LogP contribution in [0.3, 0.4) is 0 Å². The van der Waals surface area contributed by atoms with E-state index in [1.807, 2.05) is 0 Å². The molecule has 1 atom stereocenters. The molecule has 175 valence electrons. The van der Waals surface area contributed by atoms with Crippen LogP contribution in [0.2, 0.25) is 0 Å². The molecule has 0 saturated carbocycles. The Morgan fingerprint density at radius 3 is 1.56 bits per heavy atom. The van der Waals surface area contributed by atoms with E-state index in [0.29, 0.717) is 0 Å². The topological polar surface area (TPSA) is 45.4 Å². The first-order valence-corrected chi connectivity index (χ1v) is 12.8. The molecule has 0 spiro atoms. The summed E-state index contributed by atoms with van der Waals surface area (Å²) in [6, 6.07) is 18.0. The summed E-state index contributed by atoms with van der Waals surface area (Å²) in [5, 5.41) is 16.8. The number of hydrogen-bond acceptors (Lipinski definition) is 2. The highest BCUT2D eigenvalue weighted by atomic mass is 16.4. The fraction of sp³-hybridized carbons (Fsp3) is 0.571. The van der Waals surface area contributed by atoms with Crippen molar-refractivity contribution in [2.45, 2.75) is 97.4 Å². The maximum Gasteiger partial charge on any atom is 0.482 e. The van der Waals surface area contributed by atoms with E-state index in [1.165, 1.54) is 105 Å².